The molecule has 4 heteroatoms. The van der Waals surface area contributed by atoms with Crippen LogP contribution in [0.25, 0.3) is 0 Å². The molecule has 0 fully saturated rings. The van der Waals surface area contributed by atoms with Gasteiger partial charge in [-0.1, -0.05) is 6.58 Å². The molecular formula is C13H15NO3. The number of carboxylic acid groups (broad SMARTS) is 1. The van der Waals surface area contributed by atoms with Crippen LogP contribution in [0.3, 0.4) is 0 Å². The molecule has 90 valence electrons. The second kappa shape index (κ2) is 4.82. The van der Waals surface area contributed by atoms with E-state index in [1.165, 1.54) is 12.1 Å². The van der Waals surface area contributed by atoms with Gasteiger partial charge >= 0.3 is 5.97 Å². The van der Waals surface area contributed by atoms with Gasteiger partial charge in [0.05, 0.1) is 5.56 Å². The number of carbonyl (C=O) groups is 2. The van der Waals surface area contributed by atoms with Crippen LogP contribution in [0.2, 0.25) is 0 Å². The van der Waals surface area contributed by atoms with E-state index in [-0.39, 0.29) is 11.5 Å². The Morgan fingerprint density at radius 2 is 1.71 bits per heavy atom. The number of carboxylic acids is 1. The Hall–Kier alpha value is -2.10. The molecule has 1 rings (SSSR count). The van der Waals surface area contributed by atoms with Gasteiger partial charge in [-0.15, -0.1) is 0 Å². The molecule has 1 amide bonds. The molecule has 17 heavy (non-hydrogen) atoms. The highest BCUT2D eigenvalue weighted by atomic mass is 16.4. The number of hydrogen-bond acceptors (Lipinski definition) is 2. The van der Waals surface area contributed by atoms with Gasteiger partial charge in [-0.2, -0.15) is 0 Å². The van der Waals surface area contributed by atoms with Gasteiger partial charge in [0.15, 0.2) is 0 Å². The average Bonchev–Trinajstić information content (AvgIpc) is 2.22. The molecule has 0 aliphatic carbocycles. The Balaban J connectivity index is 3.14. The van der Waals surface area contributed by atoms with Crippen molar-refractivity contribution in [2.75, 3.05) is 5.32 Å². The lowest BCUT2D eigenvalue weighted by Crippen LogP contribution is -2.14. The third-order valence-electron chi connectivity index (χ3n) is 2.41. The predicted octanol–water partition coefficient (Wildman–Crippen LogP) is 2.52. The number of benzene rings is 1. The fraction of sp³-hybridized carbons (Fsp3) is 0.231. The molecule has 0 aliphatic rings. The van der Waals surface area contributed by atoms with Crippen LogP contribution in [0, 0.1) is 13.8 Å². The monoisotopic (exact) mass is 233 g/mol. The molecule has 0 spiro atoms. The Labute approximate surface area is 100.0 Å². The van der Waals surface area contributed by atoms with Gasteiger partial charge in [-0.3, -0.25) is 4.79 Å². The zero-order valence-electron chi connectivity index (χ0n) is 10.1. The summed E-state index contributed by atoms with van der Waals surface area (Å²) in [6.07, 6.45) is 0. The first kappa shape index (κ1) is 13.0. The highest BCUT2D eigenvalue weighted by Gasteiger charge is 2.11. The number of aromatic carboxylic acids is 1. The SMILES string of the molecule is C=C(C)C(=O)Nc1c(C)cc(C(=O)O)cc1C. The van der Waals surface area contributed by atoms with E-state index in [2.05, 4.69) is 11.9 Å². The Kier molecular flexibility index (Phi) is 3.68. The number of aryl methyl sites for hydroxylation is 2. The number of nitrogens with one attached hydrogen (secondary N) is 1. The molecule has 0 heterocycles. The van der Waals surface area contributed by atoms with E-state index >= 15 is 0 Å². The van der Waals surface area contributed by atoms with Crippen LogP contribution in [-0.2, 0) is 4.79 Å². The van der Waals surface area contributed by atoms with Gasteiger partial charge in [-0.05, 0) is 44.0 Å². The molecule has 0 aliphatic heterocycles. The van der Waals surface area contributed by atoms with Crippen molar-refractivity contribution in [2.45, 2.75) is 20.8 Å². The molecule has 0 aromatic heterocycles. The summed E-state index contributed by atoms with van der Waals surface area (Å²) in [6, 6.07) is 3.06. The number of carbonyl (C=O) groups excluding carboxylic acids is 1. The molecule has 0 radical (unpaired) electrons. The number of rotatable bonds is 3. The minimum Gasteiger partial charge on any atom is -0.478 e. The minimum atomic E-state index is -0.978. The van der Waals surface area contributed by atoms with Gasteiger partial charge in [0.2, 0.25) is 0 Å². The normalized spacial score (nSPS) is 9.82. The predicted molar refractivity (Wildman–Crippen MR) is 66.3 cm³/mol. The van der Waals surface area contributed by atoms with Crippen LogP contribution in [0.5, 0.6) is 0 Å². The largest absolute Gasteiger partial charge is 0.478 e. The van der Waals surface area contributed by atoms with Crippen molar-refractivity contribution in [3.63, 3.8) is 0 Å². The van der Waals surface area contributed by atoms with Crippen molar-refractivity contribution in [2.24, 2.45) is 0 Å². The van der Waals surface area contributed by atoms with Gasteiger partial charge < -0.3 is 10.4 Å². The van der Waals surface area contributed by atoms with Crippen LogP contribution in [0.15, 0.2) is 24.3 Å². The lowest BCUT2D eigenvalue weighted by molar-refractivity contribution is -0.112. The summed E-state index contributed by atoms with van der Waals surface area (Å²) in [5.41, 5.74) is 2.71. The number of hydrogen-bond donors (Lipinski definition) is 2. The van der Waals surface area contributed by atoms with Crippen molar-refractivity contribution in [3.8, 4) is 0 Å². The summed E-state index contributed by atoms with van der Waals surface area (Å²) in [5.74, 6) is -1.24. The summed E-state index contributed by atoms with van der Waals surface area (Å²) in [6.45, 7) is 8.68. The molecule has 0 saturated heterocycles. The van der Waals surface area contributed by atoms with E-state index in [0.29, 0.717) is 11.3 Å². The molecule has 0 atom stereocenters. The van der Waals surface area contributed by atoms with Crippen molar-refractivity contribution in [1.82, 2.24) is 0 Å². The third kappa shape index (κ3) is 2.93. The molecule has 1 aromatic carbocycles. The summed E-state index contributed by atoms with van der Waals surface area (Å²) in [7, 11) is 0. The van der Waals surface area contributed by atoms with E-state index in [4.69, 9.17) is 5.11 Å². The van der Waals surface area contributed by atoms with Crippen LogP contribution in [-0.4, -0.2) is 17.0 Å². The second-order valence-electron chi connectivity index (χ2n) is 4.02. The summed E-state index contributed by atoms with van der Waals surface area (Å²) < 4.78 is 0. The maximum atomic E-state index is 11.5. The first-order valence-corrected chi connectivity index (χ1v) is 5.14. The maximum absolute atomic E-state index is 11.5. The number of amides is 1. The molecule has 0 unspecified atom stereocenters. The van der Waals surface area contributed by atoms with Gasteiger partial charge in [0, 0.05) is 11.3 Å². The quantitative estimate of drug-likeness (QED) is 0.788. The Morgan fingerprint density at radius 1 is 1.24 bits per heavy atom. The summed E-state index contributed by atoms with van der Waals surface area (Å²) in [5, 5.41) is 11.6. The van der Waals surface area contributed by atoms with E-state index in [1.54, 1.807) is 20.8 Å². The third-order valence-corrected chi connectivity index (χ3v) is 2.41. The number of anilines is 1. The topological polar surface area (TPSA) is 66.4 Å². The highest BCUT2D eigenvalue weighted by molar-refractivity contribution is 6.04. The highest BCUT2D eigenvalue weighted by Crippen LogP contribution is 2.22. The second-order valence-corrected chi connectivity index (χ2v) is 4.02. The Morgan fingerprint density at radius 3 is 2.06 bits per heavy atom. The van der Waals surface area contributed by atoms with Crippen LogP contribution >= 0.6 is 0 Å². The first-order valence-electron chi connectivity index (χ1n) is 5.14. The summed E-state index contributed by atoms with van der Waals surface area (Å²) in [4.78, 5) is 22.4. The van der Waals surface area contributed by atoms with Crippen LogP contribution < -0.4 is 5.32 Å². The van der Waals surface area contributed by atoms with Crippen LogP contribution in [0.1, 0.15) is 28.4 Å². The molecule has 0 saturated carbocycles. The van der Waals surface area contributed by atoms with Gasteiger partial charge in [0.25, 0.3) is 5.91 Å². The zero-order valence-corrected chi connectivity index (χ0v) is 10.1. The zero-order chi connectivity index (χ0) is 13.2. The van der Waals surface area contributed by atoms with Crippen molar-refractivity contribution >= 4 is 17.6 Å². The van der Waals surface area contributed by atoms with E-state index in [0.717, 1.165) is 11.1 Å². The molecule has 1 aromatic rings. The van der Waals surface area contributed by atoms with Crippen LogP contribution in [0.4, 0.5) is 5.69 Å². The standard InChI is InChI=1S/C13H15NO3/c1-7(2)12(15)14-11-8(3)5-10(13(16)17)6-9(11)4/h5-6H,1H2,2-4H3,(H,14,15)(H,16,17). The first-order chi connectivity index (χ1) is 7.82. The molecule has 0 bridgehead atoms. The maximum Gasteiger partial charge on any atom is 0.335 e. The lowest BCUT2D eigenvalue weighted by Gasteiger charge is -2.12. The average molecular weight is 233 g/mol. The lowest BCUT2D eigenvalue weighted by atomic mass is 10.0. The molecule has 4 nitrogen and oxygen atoms in total. The fourth-order valence-corrected chi connectivity index (χ4v) is 1.50. The van der Waals surface area contributed by atoms with Crippen molar-refractivity contribution in [1.29, 1.82) is 0 Å². The minimum absolute atomic E-state index is 0.216. The van der Waals surface area contributed by atoms with Crippen molar-refractivity contribution in [3.05, 3.63) is 41.0 Å². The molecule has 2 N–H and O–H groups in total. The summed E-state index contributed by atoms with van der Waals surface area (Å²) >= 11 is 0. The van der Waals surface area contributed by atoms with Gasteiger partial charge in [0.1, 0.15) is 0 Å². The fourth-order valence-electron chi connectivity index (χ4n) is 1.50. The molecular weight excluding hydrogens is 218 g/mol. The Bertz CT molecular complexity index is 480. The van der Waals surface area contributed by atoms with E-state index < -0.39 is 5.97 Å². The smallest absolute Gasteiger partial charge is 0.335 e. The van der Waals surface area contributed by atoms with Gasteiger partial charge in [-0.25, -0.2) is 4.79 Å². The van der Waals surface area contributed by atoms with E-state index in [9.17, 15) is 9.59 Å². The van der Waals surface area contributed by atoms with Crippen molar-refractivity contribution < 1.29 is 14.7 Å². The van der Waals surface area contributed by atoms with E-state index in [1.807, 2.05) is 0 Å².